The third-order valence-electron chi connectivity index (χ3n) is 5.64. The third kappa shape index (κ3) is 4.93. The lowest BCUT2D eigenvalue weighted by atomic mass is 9.55. The summed E-state index contributed by atoms with van der Waals surface area (Å²) in [6, 6.07) is 10.4. The fraction of sp³-hybridized carbons (Fsp3) is 0.409. The molecular formula is C22H21F6NO2. The molecule has 0 unspecified atom stereocenters. The average molecular weight is 445 g/mol. The molecule has 1 saturated carbocycles. The Hall–Kier alpha value is -2.39. The number of hydrogen-bond acceptors (Lipinski definition) is 3. The maximum absolute atomic E-state index is 13.1. The number of ether oxygens (including phenoxy) is 1. The summed E-state index contributed by atoms with van der Waals surface area (Å²) in [6.45, 7) is 1.38. The van der Waals surface area contributed by atoms with Gasteiger partial charge in [0.05, 0.1) is 29.4 Å². The molecule has 2 aromatic rings. The average Bonchev–Trinajstić information content (AvgIpc) is 2.69. The van der Waals surface area contributed by atoms with Gasteiger partial charge in [0.15, 0.2) is 0 Å². The first kappa shape index (κ1) is 23.3. The number of halogens is 6. The van der Waals surface area contributed by atoms with Crippen molar-refractivity contribution in [2.24, 2.45) is 5.73 Å². The third-order valence-corrected chi connectivity index (χ3v) is 5.64. The van der Waals surface area contributed by atoms with Crippen molar-refractivity contribution in [3.05, 3.63) is 70.8 Å². The van der Waals surface area contributed by atoms with Gasteiger partial charge in [0.2, 0.25) is 0 Å². The molecule has 3 nitrogen and oxygen atoms in total. The zero-order valence-corrected chi connectivity index (χ0v) is 16.6. The first-order valence-electron chi connectivity index (χ1n) is 9.50. The fourth-order valence-corrected chi connectivity index (χ4v) is 4.07. The van der Waals surface area contributed by atoms with E-state index in [9.17, 15) is 31.1 Å². The van der Waals surface area contributed by atoms with Crippen molar-refractivity contribution in [3.63, 3.8) is 0 Å². The van der Waals surface area contributed by atoms with E-state index in [1.807, 2.05) is 12.1 Å². The molecule has 0 aromatic heterocycles. The van der Waals surface area contributed by atoms with Crippen LogP contribution in [0.3, 0.4) is 0 Å². The molecule has 2 N–H and O–H groups in total. The lowest BCUT2D eigenvalue weighted by Crippen LogP contribution is -2.63. The Balaban J connectivity index is 1.87. The molecule has 168 valence electrons. The van der Waals surface area contributed by atoms with E-state index in [0.29, 0.717) is 18.4 Å². The van der Waals surface area contributed by atoms with E-state index in [-0.39, 0.29) is 31.1 Å². The highest BCUT2D eigenvalue weighted by Gasteiger charge is 2.54. The highest BCUT2D eigenvalue weighted by Crippen LogP contribution is 2.49. The van der Waals surface area contributed by atoms with E-state index in [0.717, 1.165) is 5.56 Å². The Kier molecular flexibility index (Phi) is 5.96. The van der Waals surface area contributed by atoms with Gasteiger partial charge in [-0.3, -0.25) is 0 Å². The number of alkyl halides is 6. The summed E-state index contributed by atoms with van der Waals surface area (Å²) in [5.74, 6) is 0. The number of nitrogens with two attached hydrogens (primary N) is 1. The molecule has 0 aliphatic heterocycles. The summed E-state index contributed by atoms with van der Waals surface area (Å²) in [5, 5.41) is 0. The van der Waals surface area contributed by atoms with Gasteiger partial charge in [0.1, 0.15) is 6.29 Å². The second kappa shape index (κ2) is 7.94. The number of carbonyl (C=O) groups excluding carboxylic acids is 1. The maximum atomic E-state index is 13.1. The van der Waals surface area contributed by atoms with Crippen LogP contribution in [0.4, 0.5) is 26.3 Å². The van der Waals surface area contributed by atoms with Gasteiger partial charge in [0, 0.05) is 5.41 Å². The molecule has 0 spiro atoms. The standard InChI is InChI=1S/C22H21F6NO2/c1-14(15-7-17(21(23,24)25)9-18(8-15)22(26,27)28)31-13-19(10-20(29,11-19)12-30)16-5-3-2-4-6-16/h2-9,12,14H,10-11,13,29H2,1H3/t14-,19?,20?/m1/s1. The van der Waals surface area contributed by atoms with E-state index in [1.165, 1.54) is 6.92 Å². The summed E-state index contributed by atoms with van der Waals surface area (Å²) in [5.41, 5.74) is 2.12. The van der Waals surface area contributed by atoms with Crippen molar-refractivity contribution in [2.75, 3.05) is 6.61 Å². The van der Waals surface area contributed by atoms with Crippen LogP contribution in [0.25, 0.3) is 0 Å². The zero-order chi connectivity index (χ0) is 23.1. The van der Waals surface area contributed by atoms with E-state index in [4.69, 9.17) is 10.5 Å². The quantitative estimate of drug-likeness (QED) is 0.477. The smallest absolute Gasteiger partial charge is 0.373 e. The lowest BCUT2D eigenvalue weighted by Gasteiger charge is -2.52. The molecule has 0 heterocycles. The second-order valence-electron chi connectivity index (χ2n) is 8.14. The topological polar surface area (TPSA) is 52.3 Å². The monoisotopic (exact) mass is 445 g/mol. The van der Waals surface area contributed by atoms with Crippen LogP contribution in [-0.4, -0.2) is 18.4 Å². The highest BCUT2D eigenvalue weighted by atomic mass is 19.4. The summed E-state index contributed by atoms with van der Waals surface area (Å²) in [6.07, 6.45) is -9.74. The van der Waals surface area contributed by atoms with Crippen molar-refractivity contribution in [1.29, 1.82) is 0 Å². The van der Waals surface area contributed by atoms with E-state index in [1.54, 1.807) is 18.2 Å². The first-order valence-corrected chi connectivity index (χ1v) is 9.50. The molecule has 1 aliphatic rings. The number of rotatable bonds is 6. The predicted molar refractivity (Wildman–Crippen MR) is 101 cm³/mol. The Bertz CT molecular complexity index is 901. The minimum Gasteiger partial charge on any atom is -0.373 e. The summed E-state index contributed by atoms with van der Waals surface area (Å²) >= 11 is 0. The first-order chi connectivity index (χ1) is 14.3. The van der Waals surface area contributed by atoms with E-state index < -0.39 is 40.5 Å². The van der Waals surface area contributed by atoms with Crippen LogP contribution in [0.5, 0.6) is 0 Å². The fourth-order valence-electron chi connectivity index (χ4n) is 4.07. The molecular weight excluding hydrogens is 424 g/mol. The van der Waals surface area contributed by atoms with Crippen molar-refractivity contribution >= 4 is 6.29 Å². The van der Waals surface area contributed by atoms with E-state index in [2.05, 4.69) is 0 Å². The van der Waals surface area contributed by atoms with Gasteiger partial charge in [-0.05, 0) is 49.1 Å². The van der Waals surface area contributed by atoms with Crippen LogP contribution >= 0.6 is 0 Å². The molecule has 1 aliphatic carbocycles. The van der Waals surface area contributed by atoms with Crippen LogP contribution in [0.1, 0.15) is 48.1 Å². The molecule has 1 fully saturated rings. The largest absolute Gasteiger partial charge is 0.416 e. The molecule has 0 bridgehead atoms. The summed E-state index contributed by atoms with van der Waals surface area (Å²) in [4.78, 5) is 11.3. The van der Waals surface area contributed by atoms with Crippen LogP contribution < -0.4 is 5.73 Å². The predicted octanol–water partition coefficient (Wildman–Crippen LogP) is 5.43. The number of carbonyl (C=O) groups is 1. The Morgan fingerprint density at radius 3 is 1.97 bits per heavy atom. The van der Waals surface area contributed by atoms with Gasteiger partial charge < -0.3 is 15.3 Å². The van der Waals surface area contributed by atoms with Crippen molar-refractivity contribution in [2.45, 2.75) is 49.2 Å². The molecule has 0 saturated heterocycles. The van der Waals surface area contributed by atoms with E-state index >= 15 is 0 Å². The Morgan fingerprint density at radius 2 is 1.52 bits per heavy atom. The van der Waals surface area contributed by atoms with Crippen molar-refractivity contribution < 1.29 is 35.9 Å². The minimum atomic E-state index is -4.93. The lowest BCUT2D eigenvalue weighted by molar-refractivity contribution is -0.143. The molecule has 0 amide bonds. The zero-order valence-electron chi connectivity index (χ0n) is 16.6. The molecule has 9 heteroatoms. The van der Waals surface area contributed by atoms with Crippen molar-refractivity contribution in [3.8, 4) is 0 Å². The molecule has 3 rings (SSSR count). The minimum absolute atomic E-state index is 0.0113. The SMILES string of the molecule is C[C@@H](OCC1(c2ccccc2)CC(N)(C=O)C1)c1cc(C(F)(F)F)cc(C(F)(F)F)c1. The molecule has 0 radical (unpaired) electrons. The molecule has 1 atom stereocenters. The van der Waals surface area contributed by atoms with Crippen LogP contribution in [0.15, 0.2) is 48.5 Å². The Labute approximate surface area is 175 Å². The van der Waals surface area contributed by atoms with Gasteiger partial charge in [0.25, 0.3) is 0 Å². The number of hydrogen-bond donors (Lipinski definition) is 1. The van der Waals surface area contributed by atoms with Gasteiger partial charge in [-0.25, -0.2) is 0 Å². The molecule has 31 heavy (non-hydrogen) atoms. The number of aldehydes is 1. The van der Waals surface area contributed by atoms with Gasteiger partial charge in [-0.2, -0.15) is 26.3 Å². The molecule has 2 aromatic carbocycles. The van der Waals surface area contributed by atoms with Gasteiger partial charge in [-0.15, -0.1) is 0 Å². The highest BCUT2D eigenvalue weighted by molar-refractivity contribution is 5.68. The van der Waals surface area contributed by atoms with Crippen LogP contribution in [0.2, 0.25) is 0 Å². The van der Waals surface area contributed by atoms with Gasteiger partial charge >= 0.3 is 12.4 Å². The van der Waals surface area contributed by atoms with Crippen LogP contribution in [-0.2, 0) is 27.3 Å². The summed E-state index contributed by atoms with van der Waals surface area (Å²) < 4.78 is 84.5. The number of benzene rings is 2. The second-order valence-corrected chi connectivity index (χ2v) is 8.14. The summed E-state index contributed by atoms with van der Waals surface area (Å²) in [7, 11) is 0. The normalized spacial score (nSPS) is 25.0. The Morgan fingerprint density at radius 1 is 1.00 bits per heavy atom. The maximum Gasteiger partial charge on any atom is 0.416 e. The van der Waals surface area contributed by atoms with Crippen LogP contribution in [0, 0.1) is 0 Å². The van der Waals surface area contributed by atoms with Crippen molar-refractivity contribution in [1.82, 2.24) is 0 Å². The van der Waals surface area contributed by atoms with Gasteiger partial charge in [-0.1, -0.05) is 30.3 Å².